The van der Waals surface area contributed by atoms with E-state index in [0.29, 0.717) is 29.1 Å². The fraction of sp³-hybridized carbons (Fsp3) is 0.214. The highest BCUT2D eigenvalue weighted by Gasteiger charge is 2.42. The molecule has 2 aliphatic rings. The van der Waals surface area contributed by atoms with E-state index in [-0.39, 0.29) is 35.7 Å². The van der Waals surface area contributed by atoms with Crippen LogP contribution in [0.25, 0.3) is 0 Å². The monoisotopic (exact) mass is 780 g/mol. The lowest BCUT2D eigenvalue weighted by Crippen LogP contribution is -2.30. The summed E-state index contributed by atoms with van der Waals surface area (Å²) >= 11 is 13.7. The Hall–Kier alpha value is -2.34. The zero-order chi connectivity index (χ0) is 28.3. The lowest BCUT2D eigenvalue weighted by atomic mass is 10.1. The van der Waals surface area contributed by atoms with Crippen LogP contribution >= 0.6 is 63.7 Å². The molecule has 0 bridgehead atoms. The topological polar surface area (TPSA) is 84.0 Å². The number of aryl methyl sites for hydroxylation is 3. The first kappa shape index (κ1) is 28.2. The number of hydrogen-bond donors (Lipinski definition) is 0. The van der Waals surface area contributed by atoms with Crippen molar-refractivity contribution in [1.29, 1.82) is 0 Å². The maximum atomic E-state index is 13.3. The number of carbonyl (C=O) groups excluding carboxylic acids is 4. The summed E-state index contributed by atoms with van der Waals surface area (Å²) in [5.74, 6) is -1.93. The van der Waals surface area contributed by atoms with Crippen molar-refractivity contribution in [3.8, 4) is 5.75 Å². The molecule has 39 heavy (non-hydrogen) atoms. The molecule has 1 atom stereocenters. The number of rotatable bonds is 4. The molecule has 0 radical (unpaired) electrons. The number of esters is 1. The first-order chi connectivity index (χ1) is 18.4. The highest BCUT2D eigenvalue weighted by molar-refractivity contribution is 9.15. The minimum atomic E-state index is -0.609. The summed E-state index contributed by atoms with van der Waals surface area (Å²) in [7, 11) is 0. The van der Waals surface area contributed by atoms with Crippen LogP contribution in [-0.2, 0) is 9.59 Å². The summed E-state index contributed by atoms with van der Waals surface area (Å²) in [5.41, 5.74) is 4.40. The number of benzene rings is 3. The van der Waals surface area contributed by atoms with Gasteiger partial charge in [0.1, 0.15) is 5.75 Å². The van der Waals surface area contributed by atoms with Crippen LogP contribution in [0.5, 0.6) is 5.75 Å². The first-order valence-electron chi connectivity index (χ1n) is 11.8. The maximum absolute atomic E-state index is 13.3. The van der Waals surface area contributed by atoms with Crippen molar-refractivity contribution in [2.45, 2.75) is 27.2 Å². The number of ether oxygens (including phenoxy) is 1. The number of halogens is 4. The molecule has 0 saturated carbocycles. The standard InChI is InChI=1S/C28H20Br4N2O5/c1-12-4-5-16(8-13(12)2)33-11-15(10-19(33)35)28(38)39-17-6-7-18(14(3)9-17)34-26(36)20-21(27(34)37)23(30)25(32)24(31)22(20)29/h4-9,15H,10-11H2,1-3H3/t15-/m0/s1. The minimum absolute atomic E-state index is 0.0622. The Morgan fingerprint density at radius 3 is 1.97 bits per heavy atom. The van der Waals surface area contributed by atoms with E-state index in [0.717, 1.165) is 21.7 Å². The number of nitrogens with zero attached hydrogens (tertiary/aromatic N) is 2. The molecule has 7 nitrogen and oxygen atoms in total. The molecule has 3 aromatic carbocycles. The van der Waals surface area contributed by atoms with Crippen LogP contribution in [0.15, 0.2) is 54.3 Å². The predicted molar refractivity (Wildman–Crippen MR) is 162 cm³/mol. The Morgan fingerprint density at radius 1 is 0.795 bits per heavy atom. The fourth-order valence-corrected chi connectivity index (χ4v) is 7.18. The predicted octanol–water partition coefficient (Wildman–Crippen LogP) is 7.42. The van der Waals surface area contributed by atoms with Gasteiger partial charge < -0.3 is 9.64 Å². The molecule has 5 rings (SSSR count). The van der Waals surface area contributed by atoms with Crippen molar-refractivity contribution in [1.82, 2.24) is 0 Å². The van der Waals surface area contributed by atoms with E-state index in [2.05, 4.69) is 63.7 Å². The molecule has 3 aromatic rings. The number of carbonyl (C=O) groups is 4. The Labute approximate surface area is 258 Å². The summed E-state index contributed by atoms with van der Waals surface area (Å²) in [5, 5.41) is 0. The molecule has 200 valence electrons. The van der Waals surface area contributed by atoms with Crippen LogP contribution in [0.2, 0.25) is 0 Å². The van der Waals surface area contributed by atoms with E-state index in [4.69, 9.17) is 4.74 Å². The van der Waals surface area contributed by atoms with E-state index in [1.807, 2.05) is 32.0 Å². The third kappa shape index (κ3) is 4.81. The SMILES string of the molecule is Cc1ccc(N2C[C@@H](C(=O)Oc3ccc(N4C(=O)c5c(Br)c(Br)c(Br)c(Br)c5C4=O)c(C)c3)CC2=O)cc1C. The van der Waals surface area contributed by atoms with Gasteiger partial charge >= 0.3 is 5.97 Å². The molecule has 0 unspecified atom stereocenters. The highest BCUT2D eigenvalue weighted by atomic mass is 79.9. The third-order valence-electron chi connectivity index (χ3n) is 6.99. The van der Waals surface area contributed by atoms with Crippen LogP contribution in [-0.4, -0.2) is 30.2 Å². The van der Waals surface area contributed by atoms with Gasteiger partial charge in [0.05, 0.1) is 22.7 Å². The molecule has 0 aliphatic carbocycles. The van der Waals surface area contributed by atoms with Crippen molar-refractivity contribution in [2.75, 3.05) is 16.3 Å². The van der Waals surface area contributed by atoms with Gasteiger partial charge in [0, 0.05) is 36.5 Å². The third-order valence-corrected chi connectivity index (χ3v) is 11.8. The number of amides is 3. The first-order valence-corrected chi connectivity index (χ1v) is 15.0. The quantitative estimate of drug-likeness (QED) is 0.0905. The average Bonchev–Trinajstić information content (AvgIpc) is 3.40. The fourth-order valence-electron chi connectivity index (χ4n) is 4.72. The molecule has 2 aliphatic heterocycles. The Morgan fingerprint density at radius 2 is 1.41 bits per heavy atom. The summed E-state index contributed by atoms with van der Waals surface area (Å²) in [4.78, 5) is 55.0. The van der Waals surface area contributed by atoms with Crippen LogP contribution in [0, 0.1) is 26.7 Å². The molecule has 0 spiro atoms. The second-order valence-electron chi connectivity index (χ2n) is 9.49. The van der Waals surface area contributed by atoms with Gasteiger partial charge in [-0.2, -0.15) is 0 Å². The maximum Gasteiger partial charge on any atom is 0.316 e. The molecular weight excluding hydrogens is 764 g/mol. The summed E-state index contributed by atoms with van der Waals surface area (Å²) in [6.07, 6.45) is 0.0622. The minimum Gasteiger partial charge on any atom is -0.426 e. The molecule has 3 amide bonds. The highest BCUT2D eigenvalue weighted by Crippen LogP contribution is 2.46. The van der Waals surface area contributed by atoms with Gasteiger partial charge in [-0.05, 0) is 132 Å². The van der Waals surface area contributed by atoms with Gasteiger partial charge in [-0.1, -0.05) is 6.07 Å². The van der Waals surface area contributed by atoms with Gasteiger partial charge in [-0.3, -0.25) is 19.2 Å². The lowest BCUT2D eigenvalue weighted by molar-refractivity contribution is -0.139. The second-order valence-corrected chi connectivity index (χ2v) is 12.7. The van der Waals surface area contributed by atoms with Gasteiger partial charge in [-0.15, -0.1) is 0 Å². The lowest BCUT2D eigenvalue weighted by Gasteiger charge is -2.19. The van der Waals surface area contributed by atoms with E-state index < -0.39 is 23.7 Å². The average molecular weight is 784 g/mol. The van der Waals surface area contributed by atoms with Gasteiger partial charge in [-0.25, -0.2) is 4.90 Å². The van der Waals surface area contributed by atoms with Crippen molar-refractivity contribution in [3.63, 3.8) is 0 Å². The second kappa shape index (κ2) is 10.6. The Balaban J connectivity index is 1.34. The van der Waals surface area contributed by atoms with Crippen molar-refractivity contribution < 1.29 is 23.9 Å². The van der Waals surface area contributed by atoms with E-state index in [1.54, 1.807) is 24.0 Å². The molecule has 1 saturated heterocycles. The van der Waals surface area contributed by atoms with E-state index >= 15 is 0 Å². The summed E-state index contributed by atoms with van der Waals surface area (Å²) < 4.78 is 7.78. The zero-order valence-electron chi connectivity index (χ0n) is 20.9. The molecule has 0 N–H and O–H groups in total. The van der Waals surface area contributed by atoms with E-state index in [1.165, 1.54) is 6.07 Å². The van der Waals surface area contributed by atoms with Crippen molar-refractivity contribution in [3.05, 3.63) is 82.1 Å². The normalized spacial score (nSPS) is 16.8. The van der Waals surface area contributed by atoms with Gasteiger partial charge in [0.2, 0.25) is 5.91 Å². The van der Waals surface area contributed by atoms with Gasteiger partial charge in [0.25, 0.3) is 11.8 Å². The molecular formula is C28H20Br4N2O5. The number of fused-ring (bicyclic) bond motifs is 1. The van der Waals surface area contributed by atoms with Crippen molar-refractivity contribution in [2.24, 2.45) is 5.92 Å². The molecule has 2 heterocycles. The Kier molecular flexibility index (Phi) is 7.64. The number of hydrogen-bond acceptors (Lipinski definition) is 5. The van der Waals surface area contributed by atoms with Crippen LogP contribution in [0.4, 0.5) is 11.4 Å². The summed E-state index contributed by atoms with van der Waals surface area (Å²) in [6.45, 7) is 5.95. The number of imide groups is 1. The smallest absolute Gasteiger partial charge is 0.316 e. The largest absolute Gasteiger partial charge is 0.426 e. The summed E-state index contributed by atoms with van der Waals surface area (Å²) in [6, 6.07) is 10.5. The Bertz CT molecular complexity index is 1570. The molecule has 0 aromatic heterocycles. The van der Waals surface area contributed by atoms with Gasteiger partial charge in [0.15, 0.2) is 0 Å². The number of anilines is 2. The molecule has 11 heteroatoms. The van der Waals surface area contributed by atoms with Crippen LogP contribution in [0.3, 0.4) is 0 Å². The van der Waals surface area contributed by atoms with Crippen LogP contribution < -0.4 is 14.5 Å². The van der Waals surface area contributed by atoms with Crippen molar-refractivity contribution >= 4 is 98.8 Å². The van der Waals surface area contributed by atoms with E-state index in [9.17, 15) is 19.2 Å². The molecule has 1 fully saturated rings. The zero-order valence-corrected chi connectivity index (χ0v) is 27.2. The van der Waals surface area contributed by atoms with Crippen LogP contribution in [0.1, 0.15) is 43.8 Å².